The molecule has 0 aromatic rings. The minimum Gasteiger partial charge on any atom is -0.375 e. The highest BCUT2D eigenvalue weighted by atomic mass is 16.5. The molecule has 0 aromatic heterocycles. The first kappa shape index (κ1) is 15.7. The molecule has 2 heterocycles. The SMILES string of the molecule is CC(CNC(=O)[C@H]1NCCO[C@@H]1C)N1CCN(C)CC1. The third-order valence-corrected chi connectivity index (χ3v) is 4.33. The van der Waals surface area contributed by atoms with E-state index in [9.17, 15) is 4.79 Å². The molecule has 116 valence electrons. The molecular weight excluding hydrogens is 256 g/mol. The lowest BCUT2D eigenvalue weighted by molar-refractivity contribution is -0.129. The Morgan fingerprint density at radius 2 is 2.10 bits per heavy atom. The monoisotopic (exact) mass is 284 g/mol. The van der Waals surface area contributed by atoms with Crippen molar-refractivity contribution < 1.29 is 9.53 Å². The van der Waals surface area contributed by atoms with Crippen LogP contribution in [0.3, 0.4) is 0 Å². The van der Waals surface area contributed by atoms with E-state index in [0.717, 1.165) is 32.7 Å². The maximum absolute atomic E-state index is 12.2. The standard InChI is InChI=1S/C14H28N4O2/c1-11(18-7-5-17(3)6-8-18)10-16-14(19)13-12(2)20-9-4-15-13/h11-13,15H,4-10H2,1-3H3,(H,16,19)/t11?,12-,13+/m1/s1. The lowest BCUT2D eigenvalue weighted by Crippen LogP contribution is -2.57. The molecule has 1 amide bonds. The van der Waals surface area contributed by atoms with E-state index in [0.29, 0.717) is 19.2 Å². The van der Waals surface area contributed by atoms with Gasteiger partial charge < -0.3 is 20.3 Å². The smallest absolute Gasteiger partial charge is 0.239 e. The maximum atomic E-state index is 12.2. The maximum Gasteiger partial charge on any atom is 0.239 e. The van der Waals surface area contributed by atoms with Crippen molar-refractivity contribution in [1.82, 2.24) is 20.4 Å². The van der Waals surface area contributed by atoms with E-state index in [4.69, 9.17) is 4.74 Å². The van der Waals surface area contributed by atoms with Gasteiger partial charge in [0.1, 0.15) is 6.04 Å². The van der Waals surface area contributed by atoms with Crippen LogP contribution in [0.15, 0.2) is 0 Å². The average Bonchev–Trinajstić information content (AvgIpc) is 2.45. The number of hydrogen-bond acceptors (Lipinski definition) is 5. The average molecular weight is 284 g/mol. The predicted molar refractivity (Wildman–Crippen MR) is 78.7 cm³/mol. The highest BCUT2D eigenvalue weighted by Gasteiger charge is 2.28. The second-order valence-corrected chi connectivity index (χ2v) is 5.94. The number of hydrogen-bond donors (Lipinski definition) is 2. The zero-order valence-corrected chi connectivity index (χ0v) is 12.9. The van der Waals surface area contributed by atoms with E-state index in [-0.39, 0.29) is 18.1 Å². The van der Waals surface area contributed by atoms with Crippen LogP contribution < -0.4 is 10.6 Å². The second-order valence-electron chi connectivity index (χ2n) is 5.94. The molecule has 2 aliphatic heterocycles. The molecule has 0 spiro atoms. The highest BCUT2D eigenvalue weighted by molar-refractivity contribution is 5.82. The van der Waals surface area contributed by atoms with E-state index in [1.165, 1.54) is 0 Å². The van der Waals surface area contributed by atoms with Gasteiger partial charge in [0, 0.05) is 45.3 Å². The molecule has 3 atom stereocenters. The molecule has 0 aliphatic carbocycles. The molecule has 6 nitrogen and oxygen atoms in total. The van der Waals surface area contributed by atoms with E-state index in [2.05, 4.69) is 34.4 Å². The Morgan fingerprint density at radius 3 is 2.75 bits per heavy atom. The van der Waals surface area contributed by atoms with Crippen LogP contribution in [-0.2, 0) is 9.53 Å². The number of ether oxygens (including phenoxy) is 1. The summed E-state index contributed by atoms with van der Waals surface area (Å²) in [6, 6.07) is 0.163. The third-order valence-electron chi connectivity index (χ3n) is 4.33. The normalized spacial score (nSPS) is 30.9. The topological polar surface area (TPSA) is 56.8 Å². The van der Waals surface area contributed by atoms with Gasteiger partial charge in [0.2, 0.25) is 5.91 Å². The van der Waals surface area contributed by atoms with Gasteiger partial charge in [-0.3, -0.25) is 9.69 Å². The number of nitrogens with one attached hydrogen (secondary N) is 2. The van der Waals surface area contributed by atoms with Gasteiger partial charge in [-0.15, -0.1) is 0 Å². The summed E-state index contributed by atoms with van der Waals surface area (Å²) in [5.74, 6) is 0.0539. The van der Waals surface area contributed by atoms with Crippen molar-refractivity contribution in [3.05, 3.63) is 0 Å². The Hall–Kier alpha value is -0.690. The molecule has 0 aromatic carbocycles. The molecule has 20 heavy (non-hydrogen) atoms. The quantitative estimate of drug-likeness (QED) is 0.702. The van der Waals surface area contributed by atoms with Gasteiger partial charge in [0.05, 0.1) is 12.7 Å². The lowest BCUT2D eigenvalue weighted by Gasteiger charge is -2.37. The zero-order valence-electron chi connectivity index (χ0n) is 12.9. The van der Waals surface area contributed by atoms with Crippen molar-refractivity contribution in [2.45, 2.75) is 32.0 Å². The number of likely N-dealkylation sites (N-methyl/N-ethyl adjacent to an activating group) is 1. The van der Waals surface area contributed by atoms with Crippen LogP contribution in [0.1, 0.15) is 13.8 Å². The van der Waals surface area contributed by atoms with E-state index in [1.807, 2.05) is 6.92 Å². The van der Waals surface area contributed by atoms with Gasteiger partial charge in [-0.25, -0.2) is 0 Å². The first-order valence-electron chi connectivity index (χ1n) is 7.63. The van der Waals surface area contributed by atoms with Crippen LogP contribution in [0.25, 0.3) is 0 Å². The summed E-state index contributed by atoms with van der Waals surface area (Å²) >= 11 is 0. The van der Waals surface area contributed by atoms with Gasteiger partial charge in [-0.2, -0.15) is 0 Å². The van der Waals surface area contributed by atoms with Gasteiger partial charge in [0.25, 0.3) is 0 Å². The van der Waals surface area contributed by atoms with E-state index in [1.54, 1.807) is 0 Å². The van der Waals surface area contributed by atoms with Crippen LogP contribution in [-0.4, -0.2) is 86.8 Å². The van der Waals surface area contributed by atoms with Crippen LogP contribution in [0, 0.1) is 0 Å². The van der Waals surface area contributed by atoms with Crippen molar-refractivity contribution in [1.29, 1.82) is 0 Å². The molecular formula is C14H28N4O2. The summed E-state index contributed by atoms with van der Waals surface area (Å²) in [6.07, 6.45) is -0.0531. The number of amides is 1. The number of piperazine rings is 1. The van der Waals surface area contributed by atoms with Gasteiger partial charge in [-0.05, 0) is 20.9 Å². The Kier molecular flexibility index (Phi) is 5.77. The van der Waals surface area contributed by atoms with Crippen molar-refractivity contribution in [3.8, 4) is 0 Å². The summed E-state index contributed by atoms with van der Waals surface area (Å²) in [4.78, 5) is 16.9. The van der Waals surface area contributed by atoms with Crippen molar-refractivity contribution in [2.24, 2.45) is 0 Å². The van der Waals surface area contributed by atoms with Crippen molar-refractivity contribution >= 4 is 5.91 Å². The highest BCUT2D eigenvalue weighted by Crippen LogP contribution is 2.06. The summed E-state index contributed by atoms with van der Waals surface area (Å²) < 4.78 is 5.51. The van der Waals surface area contributed by atoms with Crippen LogP contribution in [0.4, 0.5) is 0 Å². The minimum absolute atomic E-state index is 0.0531. The molecule has 6 heteroatoms. The number of carbonyl (C=O) groups excluding carboxylic acids is 1. The van der Waals surface area contributed by atoms with E-state index < -0.39 is 0 Å². The van der Waals surface area contributed by atoms with Crippen molar-refractivity contribution in [2.75, 3.05) is 52.9 Å². The minimum atomic E-state index is -0.219. The Bertz CT molecular complexity index is 318. The molecule has 2 saturated heterocycles. The first-order chi connectivity index (χ1) is 9.58. The Balaban J connectivity index is 1.72. The molecule has 2 rings (SSSR count). The van der Waals surface area contributed by atoms with Gasteiger partial charge in [-0.1, -0.05) is 0 Å². The Morgan fingerprint density at radius 1 is 1.40 bits per heavy atom. The molecule has 0 saturated carbocycles. The molecule has 2 N–H and O–H groups in total. The fourth-order valence-electron chi connectivity index (χ4n) is 2.78. The number of carbonyl (C=O) groups is 1. The molecule has 2 aliphatic rings. The fraction of sp³-hybridized carbons (Fsp3) is 0.929. The fourth-order valence-corrected chi connectivity index (χ4v) is 2.78. The summed E-state index contributed by atoms with van der Waals surface area (Å²) in [5.41, 5.74) is 0. The van der Waals surface area contributed by atoms with Crippen LogP contribution in [0.2, 0.25) is 0 Å². The van der Waals surface area contributed by atoms with Crippen molar-refractivity contribution in [3.63, 3.8) is 0 Å². The van der Waals surface area contributed by atoms with Gasteiger partial charge in [0.15, 0.2) is 0 Å². The summed E-state index contributed by atoms with van der Waals surface area (Å²) in [6.45, 7) is 10.6. The second kappa shape index (κ2) is 7.36. The summed E-state index contributed by atoms with van der Waals surface area (Å²) in [5, 5.41) is 6.27. The lowest BCUT2D eigenvalue weighted by atomic mass is 10.1. The molecule has 1 unspecified atom stereocenters. The number of nitrogens with zero attached hydrogens (tertiary/aromatic N) is 2. The Labute approximate surface area is 121 Å². The third kappa shape index (κ3) is 4.15. The zero-order chi connectivity index (χ0) is 14.5. The van der Waals surface area contributed by atoms with Crippen LogP contribution >= 0.6 is 0 Å². The van der Waals surface area contributed by atoms with E-state index >= 15 is 0 Å². The number of rotatable bonds is 4. The van der Waals surface area contributed by atoms with Gasteiger partial charge >= 0.3 is 0 Å². The molecule has 0 radical (unpaired) electrons. The molecule has 0 bridgehead atoms. The number of morpholine rings is 1. The van der Waals surface area contributed by atoms with Crippen LogP contribution in [0.5, 0.6) is 0 Å². The largest absolute Gasteiger partial charge is 0.375 e. The molecule has 2 fully saturated rings. The summed E-state index contributed by atoms with van der Waals surface area (Å²) in [7, 11) is 2.15. The predicted octanol–water partition coefficient (Wildman–Crippen LogP) is -0.885. The first-order valence-corrected chi connectivity index (χ1v) is 7.63.